The fourth-order valence-electron chi connectivity index (χ4n) is 3.43. The lowest BCUT2D eigenvalue weighted by molar-refractivity contribution is 0.395. The molecule has 1 aliphatic rings. The molecule has 3 heterocycles. The molecular weight excluding hydrogens is 310 g/mol. The van der Waals surface area contributed by atoms with Crippen molar-refractivity contribution in [3.05, 3.63) is 61.7 Å². The molecule has 0 bridgehead atoms. The van der Waals surface area contributed by atoms with Gasteiger partial charge in [0, 0.05) is 25.2 Å². The van der Waals surface area contributed by atoms with Crippen molar-refractivity contribution in [1.82, 2.24) is 19.5 Å². The van der Waals surface area contributed by atoms with Crippen molar-refractivity contribution < 1.29 is 0 Å². The molecule has 0 aliphatic carbocycles. The Kier molecular flexibility index (Phi) is 3.37. The summed E-state index contributed by atoms with van der Waals surface area (Å²) < 4.78 is 1.81. The van der Waals surface area contributed by atoms with Crippen molar-refractivity contribution in [2.45, 2.75) is 18.9 Å². The van der Waals surface area contributed by atoms with Gasteiger partial charge in [-0.2, -0.15) is 0 Å². The molecule has 124 valence electrons. The molecule has 8 nitrogen and oxygen atoms in total. The van der Waals surface area contributed by atoms with E-state index >= 15 is 0 Å². The zero-order valence-corrected chi connectivity index (χ0v) is 12.9. The molecule has 1 fully saturated rings. The summed E-state index contributed by atoms with van der Waals surface area (Å²) in [7, 11) is 0. The van der Waals surface area contributed by atoms with Crippen LogP contribution in [0.5, 0.6) is 0 Å². The van der Waals surface area contributed by atoms with Crippen LogP contribution in [-0.2, 0) is 0 Å². The second kappa shape index (κ2) is 5.55. The monoisotopic (exact) mass is 327 g/mol. The van der Waals surface area contributed by atoms with Gasteiger partial charge in [-0.05, 0) is 25.0 Å². The Labute approximate surface area is 135 Å². The molecule has 0 unspecified atom stereocenters. The number of anilines is 1. The maximum absolute atomic E-state index is 12.3. The number of benzene rings is 1. The van der Waals surface area contributed by atoms with Crippen molar-refractivity contribution in [2.24, 2.45) is 0 Å². The first-order valence-electron chi connectivity index (χ1n) is 7.90. The Morgan fingerprint density at radius 2 is 1.71 bits per heavy atom. The van der Waals surface area contributed by atoms with Gasteiger partial charge in [0.1, 0.15) is 5.82 Å². The van der Waals surface area contributed by atoms with Crippen LogP contribution in [0.3, 0.4) is 0 Å². The van der Waals surface area contributed by atoms with Gasteiger partial charge in [0.05, 0.1) is 11.0 Å². The summed E-state index contributed by atoms with van der Waals surface area (Å²) in [5.41, 5.74) is 0.727. The number of hydrogen-bond acceptors (Lipinski definition) is 4. The molecule has 1 saturated heterocycles. The Hall–Kier alpha value is -3.03. The minimum absolute atomic E-state index is 0.0959. The topological polar surface area (TPSA) is 107 Å². The van der Waals surface area contributed by atoms with Crippen LogP contribution in [0, 0.1) is 0 Å². The summed E-state index contributed by atoms with van der Waals surface area (Å²) in [4.78, 5) is 44.8. The average molecular weight is 327 g/mol. The van der Waals surface area contributed by atoms with E-state index in [2.05, 4.69) is 15.0 Å². The second-order valence-electron chi connectivity index (χ2n) is 6.01. The molecule has 24 heavy (non-hydrogen) atoms. The van der Waals surface area contributed by atoms with E-state index < -0.39 is 11.2 Å². The average Bonchev–Trinajstić information content (AvgIpc) is 2.90. The summed E-state index contributed by atoms with van der Waals surface area (Å²) >= 11 is 0. The molecule has 4 rings (SSSR count). The molecule has 3 N–H and O–H groups in total. The van der Waals surface area contributed by atoms with Gasteiger partial charge < -0.3 is 9.88 Å². The van der Waals surface area contributed by atoms with E-state index in [0.717, 1.165) is 23.9 Å². The van der Waals surface area contributed by atoms with Gasteiger partial charge in [-0.3, -0.25) is 19.3 Å². The summed E-state index contributed by atoms with van der Waals surface area (Å²) in [6.07, 6.45) is 1.52. The molecule has 0 saturated carbocycles. The standard InChI is InChI=1S/C16H17N5O3/c22-14-9-13(18-15(23)19-14)20-7-5-10(6-8-20)21-12-4-2-1-3-11(12)17-16(21)24/h1-4,9-10H,5-8H2,(H,17,24)(H2,18,19,22,23). The highest BCUT2D eigenvalue weighted by atomic mass is 16.2. The van der Waals surface area contributed by atoms with Crippen LogP contribution in [0.1, 0.15) is 18.9 Å². The molecule has 1 aliphatic heterocycles. The van der Waals surface area contributed by atoms with Gasteiger partial charge in [0.2, 0.25) is 0 Å². The first kappa shape index (κ1) is 14.6. The molecule has 2 aromatic heterocycles. The Balaban J connectivity index is 1.60. The third-order valence-corrected chi connectivity index (χ3v) is 4.54. The minimum atomic E-state index is -0.507. The lowest BCUT2D eigenvalue weighted by atomic mass is 10.0. The predicted molar refractivity (Wildman–Crippen MR) is 90.7 cm³/mol. The van der Waals surface area contributed by atoms with Crippen molar-refractivity contribution in [3.8, 4) is 0 Å². The zero-order valence-electron chi connectivity index (χ0n) is 12.9. The normalized spacial score (nSPS) is 15.9. The molecular formula is C16H17N5O3. The van der Waals surface area contributed by atoms with Crippen LogP contribution >= 0.6 is 0 Å². The van der Waals surface area contributed by atoms with Gasteiger partial charge >= 0.3 is 11.4 Å². The van der Waals surface area contributed by atoms with E-state index in [4.69, 9.17) is 0 Å². The van der Waals surface area contributed by atoms with E-state index in [9.17, 15) is 14.4 Å². The molecule has 0 amide bonds. The number of nitrogens with zero attached hydrogens (tertiary/aromatic N) is 2. The van der Waals surface area contributed by atoms with Crippen LogP contribution in [0.15, 0.2) is 44.7 Å². The van der Waals surface area contributed by atoms with Gasteiger partial charge in [-0.15, -0.1) is 0 Å². The maximum atomic E-state index is 12.3. The van der Waals surface area contributed by atoms with E-state index in [1.54, 1.807) is 0 Å². The largest absolute Gasteiger partial charge is 0.358 e. The second-order valence-corrected chi connectivity index (χ2v) is 6.01. The number of hydrogen-bond donors (Lipinski definition) is 3. The first-order valence-corrected chi connectivity index (χ1v) is 7.90. The zero-order chi connectivity index (χ0) is 16.7. The molecule has 0 radical (unpaired) electrons. The summed E-state index contributed by atoms with van der Waals surface area (Å²) in [6.45, 7) is 1.33. The number of para-hydroxylation sites is 2. The quantitative estimate of drug-likeness (QED) is 0.639. The van der Waals surface area contributed by atoms with Crippen LogP contribution in [0.2, 0.25) is 0 Å². The molecule has 0 spiro atoms. The number of piperidine rings is 1. The Morgan fingerprint density at radius 1 is 0.958 bits per heavy atom. The number of aromatic amines is 3. The van der Waals surface area contributed by atoms with Gasteiger partial charge in [-0.25, -0.2) is 9.59 Å². The molecule has 1 aromatic carbocycles. The summed E-state index contributed by atoms with van der Waals surface area (Å²) in [5.74, 6) is 0.522. The van der Waals surface area contributed by atoms with Crippen LogP contribution in [-0.4, -0.2) is 32.6 Å². The van der Waals surface area contributed by atoms with Gasteiger partial charge in [0.25, 0.3) is 5.56 Å². The lowest BCUT2D eigenvalue weighted by Gasteiger charge is -2.33. The molecule has 0 atom stereocenters. The van der Waals surface area contributed by atoms with Crippen LogP contribution < -0.4 is 21.8 Å². The highest BCUT2D eigenvalue weighted by molar-refractivity contribution is 5.75. The van der Waals surface area contributed by atoms with E-state index in [1.165, 1.54) is 6.07 Å². The van der Waals surface area contributed by atoms with E-state index in [0.29, 0.717) is 18.9 Å². The van der Waals surface area contributed by atoms with E-state index in [-0.39, 0.29) is 11.7 Å². The highest BCUT2D eigenvalue weighted by Crippen LogP contribution is 2.26. The third-order valence-electron chi connectivity index (χ3n) is 4.54. The number of imidazole rings is 1. The SMILES string of the molecule is O=c1cc(N2CCC(n3c(=O)[nH]c4ccccc43)CC2)[nH]c(=O)[nH]1. The fourth-order valence-corrected chi connectivity index (χ4v) is 3.43. The smallest absolute Gasteiger partial charge is 0.327 e. The third kappa shape index (κ3) is 2.45. The number of nitrogens with one attached hydrogen (secondary N) is 3. The lowest BCUT2D eigenvalue weighted by Crippen LogP contribution is -2.39. The highest BCUT2D eigenvalue weighted by Gasteiger charge is 2.24. The molecule has 8 heteroatoms. The Morgan fingerprint density at radius 3 is 2.46 bits per heavy atom. The van der Waals surface area contributed by atoms with Crippen LogP contribution in [0.4, 0.5) is 5.82 Å². The number of fused-ring (bicyclic) bond motifs is 1. The Bertz CT molecular complexity index is 1020. The van der Waals surface area contributed by atoms with Gasteiger partial charge in [0.15, 0.2) is 0 Å². The summed E-state index contributed by atoms with van der Waals surface area (Å²) in [6, 6.07) is 9.13. The maximum Gasteiger partial charge on any atom is 0.327 e. The fraction of sp³-hybridized carbons (Fsp3) is 0.312. The number of rotatable bonds is 2. The van der Waals surface area contributed by atoms with Crippen molar-refractivity contribution >= 4 is 16.9 Å². The first-order chi connectivity index (χ1) is 11.6. The van der Waals surface area contributed by atoms with Crippen molar-refractivity contribution in [3.63, 3.8) is 0 Å². The molecule has 3 aromatic rings. The number of H-pyrrole nitrogens is 3. The minimum Gasteiger partial charge on any atom is -0.358 e. The van der Waals surface area contributed by atoms with Crippen LogP contribution in [0.25, 0.3) is 11.0 Å². The van der Waals surface area contributed by atoms with Crippen molar-refractivity contribution in [1.29, 1.82) is 0 Å². The van der Waals surface area contributed by atoms with Crippen molar-refractivity contribution in [2.75, 3.05) is 18.0 Å². The number of aromatic nitrogens is 4. The predicted octanol–water partition coefficient (Wildman–Crippen LogP) is 0.548. The summed E-state index contributed by atoms with van der Waals surface area (Å²) in [5, 5.41) is 0. The van der Waals surface area contributed by atoms with E-state index in [1.807, 2.05) is 33.7 Å². The van der Waals surface area contributed by atoms with Gasteiger partial charge in [-0.1, -0.05) is 12.1 Å².